The molecule has 0 atom stereocenters. The number of nitrogen functional groups attached to an aromatic ring is 1. The summed E-state index contributed by atoms with van der Waals surface area (Å²) in [5, 5.41) is 13.5. The van der Waals surface area contributed by atoms with Gasteiger partial charge in [0, 0.05) is 41.0 Å². The Morgan fingerprint density at radius 2 is 2.10 bits per heavy atom. The van der Waals surface area contributed by atoms with Crippen molar-refractivity contribution in [2.45, 2.75) is 18.9 Å². The summed E-state index contributed by atoms with van der Waals surface area (Å²) in [5.74, 6) is 1.60. The SMILES string of the molecule is N=Cc1cc(Nc2ccnc(-c3cccc(OCC(=O)NC4CC4)c3)n2)ccc1N. The van der Waals surface area contributed by atoms with Crippen LogP contribution in [0, 0.1) is 5.41 Å². The molecule has 0 spiro atoms. The molecule has 1 heterocycles. The van der Waals surface area contributed by atoms with Crippen molar-refractivity contribution in [1.82, 2.24) is 15.3 Å². The molecule has 8 heteroatoms. The maximum atomic E-state index is 11.8. The number of rotatable bonds is 8. The molecule has 0 unspecified atom stereocenters. The lowest BCUT2D eigenvalue weighted by atomic mass is 10.1. The van der Waals surface area contributed by atoms with Crippen molar-refractivity contribution in [2.24, 2.45) is 0 Å². The quantitative estimate of drug-likeness (QED) is 0.339. The van der Waals surface area contributed by atoms with Crippen molar-refractivity contribution in [3.05, 3.63) is 60.3 Å². The summed E-state index contributed by atoms with van der Waals surface area (Å²) >= 11 is 0. The predicted molar refractivity (Wildman–Crippen MR) is 116 cm³/mol. The van der Waals surface area contributed by atoms with Gasteiger partial charge in [-0.25, -0.2) is 9.97 Å². The minimum absolute atomic E-state index is 0.0190. The van der Waals surface area contributed by atoms with Crippen LogP contribution in [0.1, 0.15) is 18.4 Å². The van der Waals surface area contributed by atoms with Crippen molar-refractivity contribution in [3.63, 3.8) is 0 Å². The minimum Gasteiger partial charge on any atom is -0.484 e. The molecule has 1 aromatic heterocycles. The monoisotopic (exact) mass is 402 g/mol. The number of hydrogen-bond acceptors (Lipinski definition) is 7. The molecule has 1 aliphatic carbocycles. The summed E-state index contributed by atoms with van der Waals surface area (Å²) in [4.78, 5) is 20.7. The first-order valence-electron chi connectivity index (χ1n) is 9.63. The number of benzene rings is 2. The molecule has 4 rings (SSSR count). The topological polar surface area (TPSA) is 126 Å². The fraction of sp³-hybridized carbons (Fsp3) is 0.182. The van der Waals surface area contributed by atoms with Crippen molar-refractivity contribution in [2.75, 3.05) is 17.7 Å². The van der Waals surface area contributed by atoms with Gasteiger partial charge in [0.15, 0.2) is 12.4 Å². The zero-order valence-electron chi connectivity index (χ0n) is 16.3. The Morgan fingerprint density at radius 3 is 2.90 bits per heavy atom. The molecule has 8 nitrogen and oxygen atoms in total. The molecule has 152 valence electrons. The van der Waals surface area contributed by atoms with Gasteiger partial charge in [0.2, 0.25) is 0 Å². The van der Waals surface area contributed by atoms with Gasteiger partial charge in [-0.05, 0) is 49.2 Å². The smallest absolute Gasteiger partial charge is 0.258 e. The van der Waals surface area contributed by atoms with E-state index in [1.807, 2.05) is 18.2 Å². The van der Waals surface area contributed by atoms with Crippen molar-refractivity contribution >= 4 is 29.3 Å². The molecule has 0 aliphatic heterocycles. The number of hydrogen-bond donors (Lipinski definition) is 4. The van der Waals surface area contributed by atoms with Crippen LogP contribution in [0.3, 0.4) is 0 Å². The maximum absolute atomic E-state index is 11.8. The first-order chi connectivity index (χ1) is 14.6. The lowest BCUT2D eigenvalue weighted by Gasteiger charge is -2.10. The second-order valence-corrected chi connectivity index (χ2v) is 7.04. The third-order valence-electron chi connectivity index (χ3n) is 4.57. The number of carbonyl (C=O) groups excluding carboxylic acids is 1. The Hall–Kier alpha value is -3.94. The highest BCUT2D eigenvalue weighted by molar-refractivity contribution is 5.87. The van der Waals surface area contributed by atoms with Gasteiger partial charge in [0.25, 0.3) is 5.91 Å². The minimum atomic E-state index is -0.113. The molecular formula is C22H22N6O2. The maximum Gasteiger partial charge on any atom is 0.258 e. The number of nitrogens with zero attached hydrogens (tertiary/aromatic N) is 2. The Morgan fingerprint density at radius 1 is 1.23 bits per heavy atom. The zero-order chi connectivity index (χ0) is 20.9. The van der Waals surface area contributed by atoms with Crippen LogP contribution in [0.4, 0.5) is 17.2 Å². The van der Waals surface area contributed by atoms with E-state index in [4.69, 9.17) is 15.9 Å². The molecule has 0 bridgehead atoms. The standard InChI is InChI=1S/C22H22N6O2/c23-12-15-10-17(6-7-19(15)24)26-20-8-9-25-22(28-20)14-2-1-3-18(11-14)30-13-21(29)27-16-4-5-16/h1-3,6-12,16,23H,4-5,13,24H2,(H,27,29)(H,25,26,28). The van der Waals surface area contributed by atoms with E-state index < -0.39 is 0 Å². The number of ether oxygens (including phenoxy) is 1. The lowest BCUT2D eigenvalue weighted by Crippen LogP contribution is -2.30. The normalized spacial score (nSPS) is 12.8. The zero-order valence-corrected chi connectivity index (χ0v) is 16.3. The highest BCUT2D eigenvalue weighted by Crippen LogP contribution is 2.24. The molecule has 0 saturated heterocycles. The van der Waals surface area contributed by atoms with Gasteiger partial charge in [0.05, 0.1) is 0 Å². The molecule has 1 amide bonds. The number of anilines is 3. The van der Waals surface area contributed by atoms with Crippen LogP contribution in [-0.2, 0) is 4.79 Å². The molecule has 3 aromatic rings. The lowest BCUT2D eigenvalue weighted by molar-refractivity contribution is -0.123. The van der Waals surface area contributed by atoms with E-state index in [-0.39, 0.29) is 12.5 Å². The van der Waals surface area contributed by atoms with E-state index in [0.717, 1.165) is 24.1 Å². The second-order valence-electron chi connectivity index (χ2n) is 7.04. The highest BCUT2D eigenvalue weighted by atomic mass is 16.5. The molecule has 1 aliphatic rings. The van der Waals surface area contributed by atoms with Crippen LogP contribution < -0.4 is 21.1 Å². The van der Waals surface area contributed by atoms with Gasteiger partial charge in [0.1, 0.15) is 11.6 Å². The summed E-state index contributed by atoms with van der Waals surface area (Å²) in [7, 11) is 0. The first kappa shape index (κ1) is 19.4. The molecule has 30 heavy (non-hydrogen) atoms. The van der Waals surface area contributed by atoms with Crippen molar-refractivity contribution in [1.29, 1.82) is 5.41 Å². The van der Waals surface area contributed by atoms with E-state index in [1.165, 1.54) is 6.21 Å². The van der Waals surface area contributed by atoms with Gasteiger partial charge in [-0.3, -0.25) is 4.79 Å². The fourth-order valence-corrected chi connectivity index (χ4v) is 2.86. The molecule has 0 radical (unpaired) electrons. The van der Waals surface area contributed by atoms with Gasteiger partial charge in [-0.15, -0.1) is 0 Å². The third-order valence-corrected chi connectivity index (χ3v) is 4.57. The summed E-state index contributed by atoms with van der Waals surface area (Å²) in [5.41, 5.74) is 8.55. The molecule has 1 saturated carbocycles. The molecule has 2 aromatic carbocycles. The summed E-state index contributed by atoms with van der Waals surface area (Å²) in [6.45, 7) is -0.0190. The average molecular weight is 402 g/mol. The number of nitrogens with one attached hydrogen (secondary N) is 3. The Balaban J connectivity index is 1.46. The summed E-state index contributed by atoms with van der Waals surface area (Å²) in [6, 6.07) is 14.7. The van der Waals surface area contributed by atoms with Gasteiger partial charge in [-0.2, -0.15) is 0 Å². The summed E-state index contributed by atoms with van der Waals surface area (Å²) in [6.07, 6.45) is 4.96. The van der Waals surface area contributed by atoms with Gasteiger partial charge >= 0.3 is 0 Å². The average Bonchev–Trinajstić information content (AvgIpc) is 3.58. The Labute approximate surface area is 174 Å². The van der Waals surface area contributed by atoms with E-state index in [9.17, 15) is 4.79 Å². The van der Waals surface area contributed by atoms with Crippen LogP contribution in [0.15, 0.2) is 54.7 Å². The fourth-order valence-electron chi connectivity index (χ4n) is 2.86. The van der Waals surface area contributed by atoms with Crippen LogP contribution >= 0.6 is 0 Å². The van der Waals surface area contributed by atoms with Gasteiger partial charge < -0.3 is 26.5 Å². The highest BCUT2D eigenvalue weighted by Gasteiger charge is 2.23. The number of aromatic nitrogens is 2. The number of nitrogens with two attached hydrogens (primary N) is 1. The number of amides is 1. The van der Waals surface area contributed by atoms with Crippen LogP contribution in [0.5, 0.6) is 5.75 Å². The van der Waals surface area contributed by atoms with Gasteiger partial charge in [-0.1, -0.05) is 12.1 Å². The third kappa shape index (κ3) is 4.91. The molecular weight excluding hydrogens is 380 g/mol. The van der Waals surface area contributed by atoms with Crippen molar-refractivity contribution in [3.8, 4) is 17.1 Å². The molecule has 5 N–H and O–H groups in total. The predicted octanol–water partition coefficient (Wildman–Crippen LogP) is 3.12. The van der Waals surface area contributed by atoms with Crippen LogP contribution in [0.2, 0.25) is 0 Å². The first-order valence-corrected chi connectivity index (χ1v) is 9.63. The largest absolute Gasteiger partial charge is 0.484 e. The second kappa shape index (κ2) is 8.60. The van der Waals surface area contributed by atoms with Crippen molar-refractivity contribution < 1.29 is 9.53 Å². The van der Waals surface area contributed by atoms with Crippen LogP contribution in [0.25, 0.3) is 11.4 Å². The van der Waals surface area contributed by atoms with E-state index >= 15 is 0 Å². The Kier molecular flexibility index (Phi) is 5.56. The Bertz CT molecular complexity index is 1080. The van der Waals surface area contributed by atoms with E-state index in [2.05, 4.69) is 20.6 Å². The molecule has 1 fully saturated rings. The summed E-state index contributed by atoms with van der Waals surface area (Å²) < 4.78 is 5.60. The van der Waals surface area contributed by atoms with E-state index in [1.54, 1.807) is 36.5 Å². The number of carbonyl (C=O) groups is 1. The van der Waals surface area contributed by atoms with Crippen LogP contribution in [-0.4, -0.2) is 34.7 Å². The van der Waals surface area contributed by atoms with E-state index in [0.29, 0.717) is 34.7 Å².